The molecule has 2 aromatic carbocycles. The number of amides is 3. The monoisotopic (exact) mass is 432 g/mol. The van der Waals surface area contributed by atoms with Crippen LogP contribution in [0.15, 0.2) is 60.0 Å². The van der Waals surface area contributed by atoms with Crippen molar-refractivity contribution in [3.63, 3.8) is 0 Å². The second kappa shape index (κ2) is 9.63. The molecule has 7 heteroatoms. The number of rotatable bonds is 8. The smallest absolute Gasteiger partial charge is 0.315 e. The van der Waals surface area contributed by atoms with Gasteiger partial charge in [0.15, 0.2) is 0 Å². The van der Waals surface area contributed by atoms with Gasteiger partial charge in [0, 0.05) is 29.6 Å². The summed E-state index contributed by atoms with van der Waals surface area (Å²) in [5.74, 6) is 0.0340. The quantitative estimate of drug-likeness (QED) is 0.474. The fraction of sp³-hybridized carbons (Fsp3) is 0.292. The van der Waals surface area contributed by atoms with Crippen LogP contribution in [0.1, 0.15) is 29.9 Å². The van der Waals surface area contributed by atoms with Crippen LogP contribution in [0.3, 0.4) is 0 Å². The first-order valence-electron chi connectivity index (χ1n) is 10.4. The van der Waals surface area contributed by atoms with Crippen molar-refractivity contribution in [2.45, 2.75) is 37.3 Å². The van der Waals surface area contributed by atoms with Crippen molar-refractivity contribution in [3.05, 3.63) is 71.1 Å². The van der Waals surface area contributed by atoms with E-state index in [-0.39, 0.29) is 30.9 Å². The maximum atomic E-state index is 12.7. The summed E-state index contributed by atoms with van der Waals surface area (Å²) >= 11 is 1.62. The molecule has 1 aliphatic carbocycles. The molecule has 1 aliphatic rings. The maximum Gasteiger partial charge on any atom is 0.315 e. The maximum absolute atomic E-state index is 12.7. The molecule has 0 saturated heterocycles. The molecule has 3 aromatic rings. The third-order valence-corrected chi connectivity index (χ3v) is 6.49. The molecular weight excluding hydrogens is 408 g/mol. The molecule has 158 valence electrons. The Balaban J connectivity index is 1.41. The average molecular weight is 433 g/mol. The lowest BCUT2D eigenvalue weighted by molar-refractivity contribution is -0.122. The minimum Gasteiger partial charge on any atom is -0.353 e. The summed E-state index contributed by atoms with van der Waals surface area (Å²) in [5.41, 5.74) is 2.23. The van der Waals surface area contributed by atoms with Crippen molar-refractivity contribution in [3.8, 4) is 6.07 Å². The number of nitrogens with zero attached hydrogens (tertiary/aromatic N) is 1. The van der Waals surface area contributed by atoms with E-state index in [1.807, 2.05) is 53.9 Å². The summed E-state index contributed by atoms with van der Waals surface area (Å²) in [6.07, 6.45) is 1.51. The predicted octanol–water partition coefficient (Wildman–Crippen LogP) is 3.70. The molecule has 0 radical (unpaired) electrons. The lowest BCUT2D eigenvalue weighted by Crippen LogP contribution is -2.51. The number of nitrogens with one attached hydrogen (secondary N) is 3. The van der Waals surface area contributed by atoms with E-state index in [0.29, 0.717) is 12.3 Å². The molecule has 0 spiro atoms. The van der Waals surface area contributed by atoms with Crippen LogP contribution >= 0.6 is 11.3 Å². The van der Waals surface area contributed by atoms with Gasteiger partial charge in [0.2, 0.25) is 5.91 Å². The zero-order valence-electron chi connectivity index (χ0n) is 17.0. The summed E-state index contributed by atoms with van der Waals surface area (Å²) in [7, 11) is 0. The van der Waals surface area contributed by atoms with Crippen LogP contribution in [0.25, 0.3) is 10.1 Å². The van der Waals surface area contributed by atoms with Crippen LogP contribution in [0.2, 0.25) is 0 Å². The summed E-state index contributed by atoms with van der Waals surface area (Å²) in [6, 6.07) is 19.2. The fourth-order valence-electron chi connectivity index (χ4n) is 3.78. The Morgan fingerprint density at radius 3 is 2.71 bits per heavy atom. The van der Waals surface area contributed by atoms with Crippen LogP contribution in [0, 0.1) is 11.3 Å². The normalized spacial score (nSPS) is 18.0. The van der Waals surface area contributed by atoms with Gasteiger partial charge < -0.3 is 16.0 Å². The zero-order valence-corrected chi connectivity index (χ0v) is 17.8. The summed E-state index contributed by atoms with van der Waals surface area (Å²) in [4.78, 5) is 25.4. The van der Waals surface area contributed by atoms with Crippen molar-refractivity contribution < 1.29 is 9.59 Å². The zero-order chi connectivity index (χ0) is 21.6. The van der Waals surface area contributed by atoms with E-state index in [0.717, 1.165) is 22.1 Å². The molecule has 1 heterocycles. The lowest BCUT2D eigenvalue weighted by Gasteiger charge is -2.19. The Morgan fingerprint density at radius 2 is 1.90 bits per heavy atom. The number of fused-ring (bicyclic) bond motifs is 1. The van der Waals surface area contributed by atoms with Gasteiger partial charge >= 0.3 is 6.03 Å². The molecule has 4 rings (SSSR count). The third-order valence-electron chi connectivity index (χ3n) is 5.48. The minimum absolute atomic E-state index is 0.0756. The third kappa shape index (κ3) is 5.22. The fourth-order valence-corrected chi connectivity index (χ4v) is 4.75. The molecule has 1 saturated carbocycles. The standard InChI is InChI=1S/C24H24N4O2S/c25-11-6-12-26-23(29)21(13-17-15-31-22-10-5-4-9-18(17)22)28-24(30)27-20-14-19(20)16-7-2-1-3-8-16/h1-5,7-10,15,19-21H,6,12-14H2,(H,26,29)(H2,27,28,30). The van der Waals surface area contributed by atoms with Crippen molar-refractivity contribution in [2.24, 2.45) is 0 Å². The first-order chi connectivity index (χ1) is 15.2. The highest BCUT2D eigenvalue weighted by molar-refractivity contribution is 7.17. The summed E-state index contributed by atoms with van der Waals surface area (Å²) in [6.45, 7) is 0.262. The molecule has 1 aromatic heterocycles. The molecule has 0 aliphatic heterocycles. The molecule has 3 N–H and O–H groups in total. The Labute approximate surface area is 185 Å². The van der Waals surface area contributed by atoms with Crippen molar-refractivity contribution in [2.75, 3.05) is 6.54 Å². The molecule has 3 unspecified atom stereocenters. The predicted molar refractivity (Wildman–Crippen MR) is 122 cm³/mol. The average Bonchev–Trinajstić information content (AvgIpc) is 3.44. The Kier molecular flexibility index (Phi) is 6.48. The Morgan fingerprint density at radius 1 is 1.13 bits per heavy atom. The number of thiophene rings is 1. The highest BCUT2D eigenvalue weighted by Crippen LogP contribution is 2.40. The van der Waals surface area contributed by atoms with Gasteiger partial charge in [-0.05, 0) is 34.4 Å². The van der Waals surface area contributed by atoms with E-state index in [1.165, 1.54) is 5.56 Å². The van der Waals surface area contributed by atoms with Gasteiger partial charge in [-0.25, -0.2) is 4.79 Å². The number of hydrogen-bond donors (Lipinski definition) is 3. The van der Waals surface area contributed by atoms with Gasteiger partial charge in [-0.2, -0.15) is 5.26 Å². The first-order valence-corrected chi connectivity index (χ1v) is 11.3. The summed E-state index contributed by atoms with van der Waals surface area (Å²) < 4.78 is 1.15. The summed E-state index contributed by atoms with van der Waals surface area (Å²) in [5, 5.41) is 20.5. The van der Waals surface area contributed by atoms with Gasteiger partial charge in [-0.1, -0.05) is 48.5 Å². The molecule has 3 amide bonds. The number of nitriles is 1. The molecule has 3 atom stereocenters. The number of benzene rings is 2. The van der Waals surface area contributed by atoms with E-state index in [4.69, 9.17) is 5.26 Å². The van der Waals surface area contributed by atoms with Crippen molar-refractivity contribution in [1.82, 2.24) is 16.0 Å². The number of hydrogen-bond acceptors (Lipinski definition) is 4. The second-order valence-corrected chi connectivity index (χ2v) is 8.60. The highest BCUT2D eigenvalue weighted by atomic mass is 32.1. The number of urea groups is 1. The molecule has 31 heavy (non-hydrogen) atoms. The Bertz CT molecular complexity index is 1110. The lowest BCUT2D eigenvalue weighted by atomic mass is 10.0. The van der Waals surface area contributed by atoms with E-state index in [1.54, 1.807) is 11.3 Å². The van der Waals surface area contributed by atoms with Gasteiger partial charge in [0.25, 0.3) is 0 Å². The van der Waals surface area contributed by atoms with Crippen LogP contribution in [0.4, 0.5) is 4.79 Å². The minimum atomic E-state index is -0.717. The molecular formula is C24H24N4O2S. The molecule has 1 fully saturated rings. The molecule has 0 bridgehead atoms. The van der Waals surface area contributed by atoms with Crippen LogP contribution in [0.5, 0.6) is 0 Å². The van der Waals surface area contributed by atoms with Gasteiger partial charge in [0.1, 0.15) is 6.04 Å². The largest absolute Gasteiger partial charge is 0.353 e. The van der Waals surface area contributed by atoms with Crippen LogP contribution in [-0.2, 0) is 11.2 Å². The topological polar surface area (TPSA) is 94.0 Å². The van der Waals surface area contributed by atoms with Crippen molar-refractivity contribution in [1.29, 1.82) is 5.26 Å². The van der Waals surface area contributed by atoms with E-state index >= 15 is 0 Å². The first kappa shape index (κ1) is 20.9. The van der Waals surface area contributed by atoms with E-state index in [9.17, 15) is 9.59 Å². The molecule has 6 nitrogen and oxygen atoms in total. The SMILES string of the molecule is N#CCCNC(=O)C(Cc1csc2ccccc12)NC(=O)NC1CC1c1ccccc1. The number of carbonyl (C=O) groups is 2. The second-order valence-electron chi connectivity index (χ2n) is 7.69. The van der Waals surface area contributed by atoms with Gasteiger partial charge in [-0.3, -0.25) is 4.79 Å². The van der Waals surface area contributed by atoms with Gasteiger partial charge in [0.05, 0.1) is 12.5 Å². The van der Waals surface area contributed by atoms with E-state index < -0.39 is 6.04 Å². The van der Waals surface area contributed by atoms with E-state index in [2.05, 4.69) is 28.1 Å². The Hall–Kier alpha value is -3.37. The van der Waals surface area contributed by atoms with Gasteiger partial charge in [-0.15, -0.1) is 11.3 Å². The number of carbonyl (C=O) groups excluding carboxylic acids is 2. The highest BCUT2D eigenvalue weighted by Gasteiger charge is 2.39. The van der Waals surface area contributed by atoms with Crippen LogP contribution in [-0.4, -0.2) is 30.6 Å². The van der Waals surface area contributed by atoms with Crippen LogP contribution < -0.4 is 16.0 Å². The van der Waals surface area contributed by atoms with Crippen molar-refractivity contribution >= 4 is 33.4 Å².